The number of carboxylic acid groups (broad SMARTS) is 1. The Morgan fingerprint density at radius 3 is 2.56 bits per heavy atom. The summed E-state index contributed by atoms with van der Waals surface area (Å²) in [6, 6.07) is 10.1. The van der Waals surface area contributed by atoms with E-state index in [1.807, 2.05) is 30.3 Å². The number of aromatic nitrogens is 3. The van der Waals surface area contributed by atoms with Gasteiger partial charge in [0.15, 0.2) is 5.78 Å². The molecule has 2 amide bonds. The SMILES string of the molecule is CC(=O)c1nn(CC(=O)N2[C@H](C(=O)O)C[C@H]3C[C@@]32[C@]2(C(N)=O)C[C@@H]2c2ccccc2)c2cnccc12. The Morgan fingerprint density at radius 1 is 1.14 bits per heavy atom. The maximum Gasteiger partial charge on any atom is 0.326 e. The standard InChI is InChI=1S/C26H25N5O5/c1-14(32)22-17-7-8-28-12-20(17)30(29-22)13-21(33)31-19(23(34)35)9-16-10-26(16,31)25(24(27)36)11-18(25)15-5-3-2-4-6-15/h2-8,12,16,18-19H,9-11,13H2,1H3,(H2,27,36)(H,34,35)/t16-,18+,19-,25+,26-/m0/s1. The van der Waals surface area contributed by atoms with Gasteiger partial charge >= 0.3 is 5.97 Å². The molecule has 0 unspecified atom stereocenters. The largest absolute Gasteiger partial charge is 0.480 e. The Hall–Kier alpha value is -4.08. The van der Waals surface area contributed by atoms with Gasteiger partial charge in [-0.05, 0) is 36.8 Å². The summed E-state index contributed by atoms with van der Waals surface area (Å²) >= 11 is 0. The summed E-state index contributed by atoms with van der Waals surface area (Å²) in [6.45, 7) is 1.12. The smallest absolute Gasteiger partial charge is 0.326 e. The molecule has 10 heteroatoms. The third kappa shape index (κ3) is 2.84. The summed E-state index contributed by atoms with van der Waals surface area (Å²) < 4.78 is 1.39. The number of nitrogens with zero attached hydrogens (tertiary/aromatic N) is 4. The van der Waals surface area contributed by atoms with E-state index in [-0.39, 0.29) is 36.3 Å². The van der Waals surface area contributed by atoms with Crippen molar-refractivity contribution in [2.45, 2.75) is 50.2 Å². The molecule has 36 heavy (non-hydrogen) atoms. The number of rotatable bonds is 7. The van der Waals surface area contributed by atoms with E-state index in [4.69, 9.17) is 5.73 Å². The third-order valence-electron chi connectivity index (χ3n) is 8.42. The number of piperidine rings is 1. The molecule has 0 radical (unpaired) electrons. The highest BCUT2D eigenvalue weighted by Crippen LogP contribution is 2.78. The van der Waals surface area contributed by atoms with Crippen molar-refractivity contribution in [2.24, 2.45) is 17.1 Å². The fourth-order valence-corrected chi connectivity index (χ4v) is 6.83. The van der Waals surface area contributed by atoms with Gasteiger partial charge in [0.05, 0.1) is 22.7 Å². The fourth-order valence-electron chi connectivity index (χ4n) is 6.83. The molecule has 1 aliphatic heterocycles. The number of nitrogens with two attached hydrogens (primary N) is 1. The average Bonchev–Trinajstić information content (AvgIpc) is 3.72. The summed E-state index contributed by atoms with van der Waals surface area (Å²) in [6.07, 6.45) is 4.35. The van der Waals surface area contributed by atoms with E-state index in [9.17, 15) is 24.3 Å². The highest BCUT2D eigenvalue weighted by molar-refractivity contribution is 6.05. The Labute approximate surface area is 206 Å². The van der Waals surface area contributed by atoms with Crippen molar-refractivity contribution in [1.29, 1.82) is 0 Å². The zero-order chi connectivity index (χ0) is 25.4. The number of pyridine rings is 1. The van der Waals surface area contributed by atoms with Gasteiger partial charge in [-0.15, -0.1) is 0 Å². The average molecular weight is 488 g/mol. The maximum absolute atomic E-state index is 13.9. The Balaban J connectivity index is 1.40. The van der Waals surface area contributed by atoms with Crippen LogP contribution >= 0.6 is 0 Å². The molecule has 0 spiro atoms. The van der Waals surface area contributed by atoms with Gasteiger partial charge in [-0.3, -0.25) is 24.0 Å². The zero-order valence-corrected chi connectivity index (χ0v) is 19.6. The van der Waals surface area contributed by atoms with Gasteiger partial charge in [0.1, 0.15) is 18.3 Å². The normalized spacial score (nSPS) is 30.1. The molecule has 3 heterocycles. The van der Waals surface area contributed by atoms with Crippen molar-refractivity contribution >= 4 is 34.5 Å². The van der Waals surface area contributed by atoms with Crippen LogP contribution in [-0.2, 0) is 20.9 Å². The van der Waals surface area contributed by atoms with Crippen LogP contribution in [0.1, 0.15) is 48.2 Å². The van der Waals surface area contributed by atoms with Crippen molar-refractivity contribution in [2.75, 3.05) is 0 Å². The highest BCUT2D eigenvalue weighted by Gasteiger charge is 2.85. The minimum Gasteiger partial charge on any atom is -0.480 e. The lowest BCUT2D eigenvalue weighted by atomic mass is 9.85. The molecule has 3 aliphatic rings. The lowest BCUT2D eigenvalue weighted by Crippen LogP contribution is -2.56. The molecule has 3 fully saturated rings. The van der Waals surface area contributed by atoms with Gasteiger partial charge < -0.3 is 15.7 Å². The maximum atomic E-state index is 13.9. The van der Waals surface area contributed by atoms with Crippen molar-refractivity contribution in [3.05, 3.63) is 60.0 Å². The van der Waals surface area contributed by atoms with Gasteiger partial charge in [-0.1, -0.05) is 30.3 Å². The molecule has 5 atom stereocenters. The first-order chi connectivity index (χ1) is 17.2. The lowest BCUT2D eigenvalue weighted by Gasteiger charge is -2.37. The lowest BCUT2D eigenvalue weighted by molar-refractivity contribution is -0.154. The van der Waals surface area contributed by atoms with Gasteiger partial charge in [0, 0.05) is 24.4 Å². The van der Waals surface area contributed by atoms with Crippen LogP contribution in [0.15, 0.2) is 48.8 Å². The summed E-state index contributed by atoms with van der Waals surface area (Å²) in [7, 11) is 0. The number of fused-ring (bicyclic) bond motifs is 2. The van der Waals surface area contributed by atoms with Crippen LogP contribution < -0.4 is 5.73 Å². The van der Waals surface area contributed by atoms with Crippen LogP contribution in [0.2, 0.25) is 0 Å². The monoisotopic (exact) mass is 487 g/mol. The van der Waals surface area contributed by atoms with E-state index in [0.29, 0.717) is 23.7 Å². The Morgan fingerprint density at radius 2 is 1.89 bits per heavy atom. The summed E-state index contributed by atoms with van der Waals surface area (Å²) in [5.41, 5.74) is 5.73. The van der Waals surface area contributed by atoms with Gasteiger partial charge in [0.2, 0.25) is 11.8 Å². The number of hydrogen-bond acceptors (Lipinski definition) is 6. The second-order valence-electron chi connectivity index (χ2n) is 10.1. The molecule has 3 aromatic rings. The van der Waals surface area contributed by atoms with E-state index in [1.165, 1.54) is 22.7 Å². The molecule has 3 N–H and O–H groups in total. The van der Waals surface area contributed by atoms with Crippen molar-refractivity contribution in [1.82, 2.24) is 19.7 Å². The molecule has 2 saturated carbocycles. The van der Waals surface area contributed by atoms with Gasteiger partial charge in [-0.25, -0.2) is 4.79 Å². The first kappa shape index (κ1) is 22.4. The number of amides is 2. The second-order valence-corrected chi connectivity index (χ2v) is 10.1. The Bertz CT molecular complexity index is 1450. The molecule has 10 nitrogen and oxygen atoms in total. The highest BCUT2D eigenvalue weighted by atomic mass is 16.4. The van der Waals surface area contributed by atoms with E-state index in [0.717, 1.165) is 5.56 Å². The molecule has 1 saturated heterocycles. The number of Topliss-reactive ketones (excluding diaryl/α,β-unsaturated/α-hetero) is 1. The number of likely N-dealkylation sites (tertiary alicyclic amines) is 1. The van der Waals surface area contributed by atoms with Crippen LogP contribution in [0.3, 0.4) is 0 Å². The minimum atomic E-state index is -1.11. The summed E-state index contributed by atoms with van der Waals surface area (Å²) in [5.74, 6) is -2.63. The minimum absolute atomic E-state index is 0.118. The predicted octanol–water partition coefficient (Wildman–Crippen LogP) is 1.74. The molecular formula is C26H25N5O5. The van der Waals surface area contributed by atoms with E-state index >= 15 is 0 Å². The number of carboxylic acids is 1. The number of benzene rings is 1. The molecule has 0 bridgehead atoms. The van der Waals surface area contributed by atoms with Gasteiger partial charge in [-0.2, -0.15) is 5.10 Å². The van der Waals surface area contributed by atoms with Crippen LogP contribution in [-0.4, -0.2) is 59.9 Å². The second kappa shape index (κ2) is 7.46. The topological polar surface area (TPSA) is 148 Å². The van der Waals surface area contributed by atoms with Crippen molar-refractivity contribution in [3.63, 3.8) is 0 Å². The summed E-state index contributed by atoms with van der Waals surface area (Å²) in [4.78, 5) is 56.8. The molecule has 184 valence electrons. The van der Waals surface area contributed by atoms with Crippen molar-refractivity contribution in [3.8, 4) is 0 Å². The van der Waals surface area contributed by atoms with Crippen LogP contribution in [0.5, 0.6) is 0 Å². The molecule has 6 rings (SSSR count). The van der Waals surface area contributed by atoms with E-state index < -0.39 is 34.8 Å². The van der Waals surface area contributed by atoms with Gasteiger partial charge in [0.25, 0.3) is 0 Å². The number of hydrogen-bond donors (Lipinski definition) is 2. The molecular weight excluding hydrogens is 462 g/mol. The first-order valence-electron chi connectivity index (χ1n) is 11.9. The summed E-state index contributed by atoms with van der Waals surface area (Å²) in [5, 5.41) is 14.9. The molecule has 1 aromatic carbocycles. The molecule has 2 aromatic heterocycles. The number of primary amides is 1. The van der Waals surface area contributed by atoms with Crippen LogP contribution in [0.4, 0.5) is 0 Å². The quantitative estimate of drug-likeness (QED) is 0.482. The first-order valence-corrected chi connectivity index (χ1v) is 11.9. The number of carbonyl (C=O) groups excluding carboxylic acids is 3. The molecule has 2 aliphatic carbocycles. The van der Waals surface area contributed by atoms with Crippen LogP contribution in [0.25, 0.3) is 10.9 Å². The van der Waals surface area contributed by atoms with E-state index in [2.05, 4.69) is 10.1 Å². The predicted molar refractivity (Wildman–Crippen MR) is 127 cm³/mol. The van der Waals surface area contributed by atoms with E-state index in [1.54, 1.807) is 12.3 Å². The number of carbonyl (C=O) groups is 4. The number of ketones is 1. The number of aliphatic carboxylic acids is 1. The third-order valence-corrected chi connectivity index (χ3v) is 8.42. The van der Waals surface area contributed by atoms with Crippen molar-refractivity contribution < 1.29 is 24.3 Å². The van der Waals surface area contributed by atoms with Crippen LogP contribution in [0, 0.1) is 11.3 Å². The fraction of sp³-hybridized carbons (Fsp3) is 0.385. The zero-order valence-electron chi connectivity index (χ0n) is 19.6. The Kier molecular flexibility index (Phi) is 4.64.